The van der Waals surface area contributed by atoms with Crippen LogP contribution in [0.1, 0.15) is 66.2 Å². The molecule has 24 heavy (non-hydrogen) atoms. The van der Waals surface area contributed by atoms with Crippen molar-refractivity contribution >= 4 is 13.3 Å². The summed E-state index contributed by atoms with van der Waals surface area (Å²) in [4.78, 5) is 5.08. The molecule has 2 rings (SSSR count). The van der Waals surface area contributed by atoms with Crippen LogP contribution in [0.3, 0.4) is 0 Å². The summed E-state index contributed by atoms with van der Waals surface area (Å²) >= 11 is -1.34. The Morgan fingerprint density at radius 1 is 0.917 bits per heavy atom. The first-order chi connectivity index (χ1) is 11.4. The fourth-order valence-corrected chi connectivity index (χ4v) is 13.5. The van der Waals surface area contributed by atoms with Gasteiger partial charge < -0.3 is 0 Å². The summed E-state index contributed by atoms with van der Waals surface area (Å²) < 4.78 is 0. The second kappa shape index (κ2) is 11.2. The first-order valence-electron chi connectivity index (χ1n) is 10.8. The number of likely N-dealkylation sites (tertiary alicyclic amines) is 1. The number of rotatable bonds is 7. The van der Waals surface area contributed by atoms with E-state index in [1.807, 2.05) is 0 Å². The van der Waals surface area contributed by atoms with E-state index in [-0.39, 0.29) is 0 Å². The molecule has 2 nitrogen and oxygen atoms in total. The second-order valence-corrected chi connectivity index (χ2v) is 20.2. The molecule has 2 fully saturated rings. The molecule has 0 amide bonds. The van der Waals surface area contributed by atoms with Crippen molar-refractivity contribution in [1.29, 1.82) is 0 Å². The fourth-order valence-electron chi connectivity index (χ4n) is 4.51. The maximum atomic E-state index is 2.77. The van der Waals surface area contributed by atoms with Crippen molar-refractivity contribution in [3.63, 3.8) is 0 Å². The molecule has 0 aromatic carbocycles. The van der Waals surface area contributed by atoms with Gasteiger partial charge in [-0.15, -0.1) is 0 Å². The molecule has 2 saturated heterocycles. The number of hydrogen-bond acceptors (Lipinski definition) is 2. The van der Waals surface area contributed by atoms with Gasteiger partial charge in [-0.3, -0.25) is 0 Å². The van der Waals surface area contributed by atoms with Crippen molar-refractivity contribution in [3.8, 4) is 0 Å². The van der Waals surface area contributed by atoms with E-state index in [1.165, 1.54) is 51.9 Å². The van der Waals surface area contributed by atoms with E-state index in [2.05, 4.69) is 51.6 Å². The van der Waals surface area contributed by atoms with Gasteiger partial charge in [0, 0.05) is 0 Å². The molecule has 1 spiro atoms. The van der Waals surface area contributed by atoms with Gasteiger partial charge >= 0.3 is 129 Å². The van der Waals surface area contributed by atoms with Crippen molar-refractivity contribution in [1.82, 2.24) is 9.80 Å². The van der Waals surface area contributed by atoms with Gasteiger partial charge in [0.05, 0.1) is 0 Å². The Hall–Kier alpha value is 0.463. The van der Waals surface area contributed by atoms with Crippen LogP contribution in [-0.2, 0) is 0 Å². The molecule has 0 aliphatic carbocycles. The Morgan fingerprint density at radius 2 is 1.50 bits per heavy atom. The molecular weight excluding hydrogens is 353 g/mol. The zero-order valence-corrected chi connectivity index (χ0v) is 19.9. The molecule has 0 radical (unpaired) electrons. The van der Waals surface area contributed by atoms with Gasteiger partial charge in [0.2, 0.25) is 0 Å². The zero-order valence-electron chi connectivity index (χ0n) is 17.8. The van der Waals surface area contributed by atoms with Crippen LogP contribution in [-0.4, -0.2) is 63.3 Å². The third-order valence-corrected chi connectivity index (χ3v) is 18.8. The van der Waals surface area contributed by atoms with Crippen molar-refractivity contribution in [2.45, 2.75) is 87.2 Å². The minimum atomic E-state index is -1.34. The zero-order chi connectivity index (χ0) is 18.1. The summed E-state index contributed by atoms with van der Waals surface area (Å²) in [5, 5.41) is 6.52. The monoisotopic (exact) mass is 400 g/mol. The van der Waals surface area contributed by atoms with Crippen LogP contribution >= 0.6 is 0 Å². The Morgan fingerprint density at radius 3 is 1.96 bits per heavy atom. The van der Waals surface area contributed by atoms with Gasteiger partial charge in [0.15, 0.2) is 0 Å². The predicted molar refractivity (Wildman–Crippen MR) is 113 cm³/mol. The molecule has 0 unspecified atom stereocenters. The Labute approximate surface area is 156 Å². The van der Waals surface area contributed by atoms with Gasteiger partial charge in [0.25, 0.3) is 0 Å². The molecule has 144 valence electrons. The standard InChI is InChI=1S/C17H36GeN2.C4H10/c1-5-18(6-2)11-8-17(9-12-18)10-15-20(16-17)14-7-13-19(3)4;1-3-4-2/h5-16H2,1-4H3;3-4H2,1-2H3. The third kappa shape index (κ3) is 6.99. The summed E-state index contributed by atoms with van der Waals surface area (Å²) in [6.07, 6.45) is 8.65. The average molecular weight is 399 g/mol. The number of nitrogens with zero attached hydrogens (tertiary/aromatic N) is 2. The quantitative estimate of drug-likeness (QED) is 0.506. The van der Waals surface area contributed by atoms with Crippen molar-refractivity contribution in [2.75, 3.05) is 40.3 Å². The van der Waals surface area contributed by atoms with Crippen molar-refractivity contribution in [2.24, 2.45) is 5.41 Å². The van der Waals surface area contributed by atoms with Gasteiger partial charge in [0.1, 0.15) is 0 Å². The van der Waals surface area contributed by atoms with Gasteiger partial charge in [-0.05, 0) is 0 Å². The Balaban J connectivity index is 0.000000648. The van der Waals surface area contributed by atoms with Crippen LogP contribution in [0, 0.1) is 5.41 Å². The molecule has 0 atom stereocenters. The predicted octanol–water partition coefficient (Wildman–Crippen LogP) is 5.72. The summed E-state index contributed by atoms with van der Waals surface area (Å²) in [6.45, 7) is 14.7. The van der Waals surface area contributed by atoms with Crippen LogP contribution in [0.15, 0.2) is 0 Å². The van der Waals surface area contributed by atoms with Crippen LogP contribution in [0.4, 0.5) is 0 Å². The van der Waals surface area contributed by atoms with Crippen LogP contribution in [0.5, 0.6) is 0 Å². The van der Waals surface area contributed by atoms with E-state index in [0.717, 1.165) is 5.41 Å². The summed E-state index contributed by atoms with van der Waals surface area (Å²) in [6, 6.07) is 0. The van der Waals surface area contributed by atoms with Crippen LogP contribution < -0.4 is 0 Å². The third-order valence-electron chi connectivity index (χ3n) is 6.97. The molecule has 2 aliphatic rings. The van der Waals surface area contributed by atoms with Crippen LogP contribution in [0.2, 0.25) is 21.0 Å². The summed E-state index contributed by atoms with van der Waals surface area (Å²) in [7, 11) is 4.38. The molecule has 0 aromatic heterocycles. The van der Waals surface area contributed by atoms with E-state index < -0.39 is 13.3 Å². The van der Waals surface area contributed by atoms with E-state index in [0.29, 0.717) is 0 Å². The second-order valence-electron chi connectivity index (χ2n) is 8.89. The minimum absolute atomic E-state index is 0.747. The fraction of sp³-hybridized carbons (Fsp3) is 1.00. The molecule has 0 N–H and O–H groups in total. The SMILES string of the molecule is CCCC.C[CH2][Ge]1([CH2]C)[CH2]CC2(CCN(CCCN(C)C)C2)C[CH2]1. The van der Waals surface area contributed by atoms with Crippen molar-refractivity contribution < 1.29 is 0 Å². The summed E-state index contributed by atoms with van der Waals surface area (Å²) in [5.41, 5.74) is 0.747. The van der Waals surface area contributed by atoms with Crippen molar-refractivity contribution in [3.05, 3.63) is 0 Å². The van der Waals surface area contributed by atoms with E-state index in [1.54, 1.807) is 33.9 Å². The topological polar surface area (TPSA) is 6.48 Å². The molecule has 0 aromatic rings. The summed E-state index contributed by atoms with van der Waals surface area (Å²) in [5.74, 6) is 0. The van der Waals surface area contributed by atoms with Crippen LogP contribution in [0.25, 0.3) is 0 Å². The van der Waals surface area contributed by atoms with Gasteiger partial charge in [-0.1, -0.05) is 26.7 Å². The molecule has 2 aliphatic heterocycles. The van der Waals surface area contributed by atoms with Gasteiger partial charge in [-0.2, -0.15) is 0 Å². The Kier molecular flexibility index (Phi) is 10.5. The molecule has 2 heterocycles. The molecule has 0 saturated carbocycles. The number of unbranched alkanes of at least 4 members (excludes halogenated alkanes) is 1. The maximum absolute atomic E-state index is 2.77. The molecular formula is C21H46GeN2. The Bertz CT molecular complexity index is 314. The molecule has 0 bridgehead atoms. The van der Waals surface area contributed by atoms with E-state index in [4.69, 9.17) is 0 Å². The first kappa shape index (κ1) is 22.5. The normalized spacial score (nSPS) is 22.6. The number of hydrogen-bond donors (Lipinski definition) is 0. The van der Waals surface area contributed by atoms with Gasteiger partial charge in [-0.25, -0.2) is 0 Å². The van der Waals surface area contributed by atoms with E-state index in [9.17, 15) is 0 Å². The van der Waals surface area contributed by atoms with E-state index >= 15 is 0 Å². The first-order valence-corrected chi connectivity index (χ1v) is 16.8. The molecule has 3 heteroatoms. The average Bonchev–Trinajstić information content (AvgIpc) is 2.99.